The maximum absolute atomic E-state index is 12.4. The lowest BCUT2D eigenvalue weighted by molar-refractivity contribution is -0.116. The van der Waals surface area contributed by atoms with Gasteiger partial charge in [0.15, 0.2) is 0 Å². The minimum atomic E-state index is -3.71. The number of carbonyl (C=O) groups is 2. The molecular formula is C16H19ClN2O5S. The number of sulfonamides is 1. The number of halogens is 1. The fraction of sp³-hybridized carbons (Fsp3) is 0.500. The Balaban J connectivity index is 1.82. The molecule has 2 fully saturated rings. The Morgan fingerprint density at radius 2 is 2.00 bits per heavy atom. The standard InChI is InChI=1S/C16H19ClN2O5S/c17-13-4-3-11(19-14(20)5-8-25(19,23)24)9-12(13)15(21)18-10-16(22)6-1-2-7-16/h3-4,9,22H,1-2,5-8,10H2,(H,18,21). The molecule has 7 nitrogen and oxygen atoms in total. The normalized spacial score (nSPS) is 21.5. The Hall–Kier alpha value is -1.64. The summed E-state index contributed by atoms with van der Waals surface area (Å²) in [6.45, 7) is 0.104. The third-order valence-corrected chi connectivity index (χ3v) is 6.64. The van der Waals surface area contributed by atoms with Gasteiger partial charge >= 0.3 is 0 Å². The molecule has 0 unspecified atom stereocenters. The first-order chi connectivity index (χ1) is 11.7. The molecule has 9 heteroatoms. The molecule has 0 aromatic heterocycles. The summed E-state index contributed by atoms with van der Waals surface area (Å²) in [5, 5.41) is 13.1. The summed E-state index contributed by atoms with van der Waals surface area (Å²) >= 11 is 6.06. The molecule has 1 heterocycles. The van der Waals surface area contributed by atoms with Gasteiger partial charge < -0.3 is 10.4 Å². The van der Waals surface area contributed by atoms with Crippen LogP contribution in [0.15, 0.2) is 18.2 Å². The largest absolute Gasteiger partial charge is 0.388 e. The Morgan fingerprint density at radius 1 is 1.32 bits per heavy atom. The highest BCUT2D eigenvalue weighted by Crippen LogP contribution is 2.30. The number of nitrogens with zero attached hydrogens (tertiary/aromatic N) is 1. The monoisotopic (exact) mass is 386 g/mol. The van der Waals surface area contributed by atoms with Crippen LogP contribution >= 0.6 is 11.6 Å². The van der Waals surface area contributed by atoms with Gasteiger partial charge in [0.25, 0.3) is 5.91 Å². The second-order valence-electron chi connectivity index (χ2n) is 6.50. The summed E-state index contributed by atoms with van der Waals surface area (Å²) < 4.78 is 24.8. The van der Waals surface area contributed by atoms with Crippen LogP contribution in [-0.2, 0) is 14.8 Å². The van der Waals surface area contributed by atoms with Crippen molar-refractivity contribution in [1.29, 1.82) is 0 Å². The number of hydrogen-bond donors (Lipinski definition) is 2. The molecule has 2 amide bonds. The summed E-state index contributed by atoms with van der Waals surface area (Å²) in [7, 11) is -3.71. The van der Waals surface area contributed by atoms with Crippen LogP contribution in [0.2, 0.25) is 5.02 Å². The SMILES string of the molecule is O=C(NCC1(O)CCCC1)c1cc(N2C(=O)CCS2(=O)=O)ccc1Cl. The van der Waals surface area contributed by atoms with E-state index in [2.05, 4.69) is 5.32 Å². The van der Waals surface area contributed by atoms with Crippen LogP contribution in [0, 0.1) is 0 Å². The molecule has 25 heavy (non-hydrogen) atoms. The summed E-state index contributed by atoms with van der Waals surface area (Å²) in [6.07, 6.45) is 3.00. The summed E-state index contributed by atoms with van der Waals surface area (Å²) in [5.41, 5.74) is -0.749. The molecule has 0 atom stereocenters. The molecule has 0 spiro atoms. The van der Waals surface area contributed by atoms with Gasteiger partial charge in [0.2, 0.25) is 15.9 Å². The minimum Gasteiger partial charge on any atom is -0.388 e. The predicted octanol–water partition coefficient (Wildman–Crippen LogP) is 1.44. The number of amides is 2. The van der Waals surface area contributed by atoms with Gasteiger partial charge in [-0.3, -0.25) is 9.59 Å². The Morgan fingerprint density at radius 3 is 2.60 bits per heavy atom. The molecule has 2 N–H and O–H groups in total. The van der Waals surface area contributed by atoms with Crippen LogP contribution in [0.25, 0.3) is 0 Å². The lowest BCUT2D eigenvalue weighted by Gasteiger charge is -2.22. The van der Waals surface area contributed by atoms with Crippen LogP contribution in [-0.4, -0.2) is 43.2 Å². The summed E-state index contributed by atoms with van der Waals surface area (Å²) in [5.74, 6) is -1.30. The van der Waals surface area contributed by atoms with Gasteiger partial charge in [-0.15, -0.1) is 0 Å². The fourth-order valence-electron chi connectivity index (χ4n) is 3.23. The van der Waals surface area contributed by atoms with Crippen molar-refractivity contribution in [3.05, 3.63) is 28.8 Å². The van der Waals surface area contributed by atoms with E-state index in [0.29, 0.717) is 17.1 Å². The number of rotatable bonds is 4. The van der Waals surface area contributed by atoms with Crippen LogP contribution in [0.1, 0.15) is 42.5 Å². The zero-order chi connectivity index (χ0) is 18.2. The molecule has 3 rings (SSSR count). The minimum absolute atomic E-state index is 0.0654. The van der Waals surface area contributed by atoms with Crippen LogP contribution in [0.3, 0.4) is 0 Å². The van der Waals surface area contributed by atoms with Crippen molar-refractivity contribution in [2.45, 2.75) is 37.7 Å². The lowest BCUT2D eigenvalue weighted by Crippen LogP contribution is -2.40. The maximum atomic E-state index is 12.4. The van der Waals surface area contributed by atoms with Crippen molar-refractivity contribution in [3.8, 4) is 0 Å². The van der Waals surface area contributed by atoms with Crippen molar-refractivity contribution in [3.63, 3.8) is 0 Å². The van der Waals surface area contributed by atoms with Crippen molar-refractivity contribution < 1.29 is 23.1 Å². The van der Waals surface area contributed by atoms with Crippen LogP contribution in [0.4, 0.5) is 5.69 Å². The van der Waals surface area contributed by atoms with E-state index in [4.69, 9.17) is 11.6 Å². The number of hydrogen-bond acceptors (Lipinski definition) is 5. The van der Waals surface area contributed by atoms with Crippen molar-refractivity contribution in [2.75, 3.05) is 16.6 Å². The molecule has 0 bridgehead atoms. The molecule has 1 aromatic carbocycles. The predicted molar refractivity (Wildman–Crippen MR) is 93.1 cm³/mol. The van der Waals surface area contributed by atoms with E-state index >= 15 is 0 Å². The van der Waals surface area contributed by atoms with Crippen molar-refractivity contribution in [2.24, 2.45) is 0 Å². The Bertz CT molecular complexity index is 818. The number of carbonyl (C=O) groups excluding carboxylic acids is 2. The molecule has 1 aliphatic carbocycles. The van der Waals surface area contributed by atoms with Crippen molar-refractivity contribution in [1.82, 2.24) is 5.32 Å². The molecule has 1 aromatic rings. The van der Waals surface area contributed by atoms with Gasteiger partial charge in [-0.25, -0.2) is 12.7 Å². The second kappa shape index (κ2) is 6.59. The number of anilines is 1. The summed E-state index contributed by atoms with van der Waals surface area (Å²) in [4.78, 5) is 24.3. The molecule has 1 saturated carbocycles. The zero-order valence-electron chi connectivity index (χ0n) is 13.5. The molecule has 136 valence electrons. The first kappa shape index (κ1) is 18.2. The van der Waals surface area contributed by atoms with Crippen LogP contribution < -0.4 is 9.62 Å². The molecule has 2 aliphatic rings. The lowest BCUT2D eigenvalue weighted by atomic mass is 10.0. The molecular weight excluding hydrogens is 368 g/mol. The van der Waals surface area contributed by atoms with E-state index in [1.807, 2.05) is 0 Å². The van der Waals surface area contributed by atoms with E-state index in [-0.39, 0.29) is 35.0 Å². The first-order valence-electron chi connectivity index (χ1n) is 8.08. The second-order valence-corrected chi connectivity index (χ2v) is 8.85. The van der Waals surface area contributed by atoms with Gasteiger partial charge in [0.05, 0.1) is 27.6 Å². The maximum Gasteiger partial charge on any atom is 0.252 e. The third kappa shape index (κ3) is 3.65. The quantitative estimate of drug-likeness (QED) is 0.814. The van der Waals surface area contributed by atoms with Gasteiger partial charge in [-0.1, -0.05) is 24.4 Å². The zero-order valence-corrected chi connectivity index (χ0v) is 15.1. The average Bonchev–Trinajstić information content (AvgIpc) is 3.10. The van der Waals surface area contributed by atoms with Gasteiger partial charge in [-0.2, -0.15) is 0 Å². The third-order valence-electron chi connectivity index (χ3n) is 4.62. The molecule has 1 saturated heterocycles. The first-order valence-corrected chi connectivity index (χ1v) is 10.1. The average molecular weight is 387 g/mol. The number of nitrogens with one attached hydrogen (secondary N) is 1. The van der Waals surface area contributed by atoms with E-state index in [1.54, 1.807) is 0 Å². The van der Waals surface area contributed by atoms with E-state index in [0.717, 1.165) is 12.8 Å². The highest BCUT2D eigenvalue weighted by molar-refractivity contribution is 7.94. The molecule has 1 aliphatic heterocycles. The number of benzene rings is 1. The van der Waals surface area contributed by atoms with Crippen LogP contribution in [0.5, 0.6) is 0 Å². The van der Waals surface area contributed by atoms with E-state index in [9.17, 15) is 23.1 Å². The van der Waals surface area contributed by atoms with Gasteiger partial charge in [-0.05, 0) is 31.0 Å². The number of aliphatic hydroxyl groups is 1. The van der Waals surface area contributed by atoms with E-state index < -0.39 is 27.4 Å². The van der Waals surface area contributed by atoms with Gasteiger partial charge in [0.1, 0.15) is 0 Å². The fourth-order valence-corrected chi connectivity index (χ4v) is 4.89. The van der Waals surface area contributed by atoms with Crippen molar-refractivity contribution >= 4 is 39.1 Å². The van der Waals surface area contributed by atoms with E-state index in [1.165, 1.54) is 18.2 Å². The van der Waals surface area contributed by atoms with Gasteiger partial charge in [0, 0.05) is 13.0 Å². The Kier molecular flexibility index (Phi) is 4.78. The summed E-state index contributed by atoms with van der Waals surface area (Å²) in [6, 6.07) is 4.07. The smallest absolute Gasteiger partial charge is 0.252 e. The Labute approximate surface area is 151 Å². The highest BCUT2D eigenvalue weighted by atomic mass is 35.5. The highest BCUT2D eigenvalue weighted by Gasteiger charge is 2.37. The molecule has 0 radical (unpaired) electrons. The topological polar surface area (TPSA) is 104 Å².